The Labute approximate surface area is 140 Å². The van der Waals surface area contributed by atoms with Gasteiger partial charge in [0.2, 0.25) is 0 Å². The lowest BCUT2D eigenvalue weighted by atomic mass is 9.96. The molecule has 0 aliphatic heterocycles. The first-order chi connectivity index (χ1) is 11.3. The quantitative estimate of drug-likeness (QED) is 0.771. The van der Waals surface area contributed by atoms with Crippen LogP contribution < -0.4 is 10.1 Å². The molecule has 0 radical (unpaired) electrons. The summed E-state index contributed by atoms with van der Waals surface area (Å²) in [6.07, 6.45) is 8.73. The second-order valence-electron chi connectivity index (χ2n) is 6.47. The molecule has 1 aliphatic carbocycles. The Morgan fingerprint density at radius 3 is 2.39 bits per heavy atom. The average Bonchev–Trinajstić information content (AvgIpc) is 2.54. The van der Waals surface area contributed by atoms with E-state index in [4.69, 9.17) is 9.47 Å². The van der Waals surface area contributed by atoms with Gasteiger partial charge >= 0.3 is 0 Å². The van der Waals surface area contributed by atoms with Gasteiger partial charge in [0.1, 0.15) is 5.75 Å². The molecule has 0 saturated heterocycles. The van der Waals surface area contributed by atoms with Crippen LogP contribution in [0.5, 0.6) is 5.75 Å². The fourth-order valence-electron chi connectivity index (χ4n) is 3.06. The highest BCUT2D eigenvalue weighted by molar-refractivity contribution is 5.26. The molecule has 4 nitrogen and oxygen atoms in total. The number of hydrogen-bond donors (Lipinski definition) is 2. The van der Waals surface area contributed by atoms with E-state index in [9.17, 15) is 5.11 Å². The van der Waals surface area contributed by atoms with Crippen LogP contribution in [-0.2, 0) is 11.3 Å². The molecular formula is C19H31NO3. The van der Waals surface area contributed by atoms with Gasteiger partial charge < -0.3 is 19.9 Å². The molecule has 1 saturated carbocycles. The molecule has 1 aliphatic rings. The highest BCUT2D eigenvalue weighted by Crippen LogP contribution is 2.17. The normalized spacial score (nSPS) is 18.2. The standard InChI is InChI=1S/C19H31NO3/c1-22-19-11-9-16(10-12-19)14-23-15-18(21)13-20-17-7-5-3-2-4-6-8-17/h9-12,17-18,20-21H,2-8,13-15H2,1H3/t18-/m1/s1. The first-order valence-electron chi connectivity index (χ1n) is 8.90. The molecule has 1 aromatic carbocycles. The van der Waals surface area contributed by atoms with Crippen LogP contribution in [0.15, 0.2) is 24.3 Å². The van der Waals surface area contributed by atoms with Crippen molar-refractivity contribution in [3.63, 3.8) is 0 Å². The van der Waals surface area contributed by atoms with Gasteiger partial charge in [-0.05, 0) is 30.5 Å². The zero-order valence-electron chi connectivity index (χ0n) is 14.3. The molecule has 1 atom stereocenters. The second kappa shape index (κ2) is 10.6. The van der Waals surface area contributed by atoms with Gasteiger partial charge in [-0.15, -0.1) is 0 Å². The molecule has 0 spiro atoms. The van der Waals surface area contributed by atoms with E-state index in [1.165, 1.54) is 44.9 Å². The van der Waals surface area contributed by atoms with Crippen molar-refractivity contribution < 1.29 is 14.6 Å². The van der Waals surface area contributed by atoms with Crippen molar-refractivity contribution in [3.05, 3.63) is 29.8 Å². The number of methoxy groups -OCH3 is 1. The summed E-state index contributed by atoms with van der Waals surface area (Å²) < 4.78 is 10.7. The van der Waals surface area contributed by atoms with E-state index in [1.54, 1.807) is 7.11 Å². The van der Waals surface area contributed by atoms with Crippen molar-refractivity contribution in [1.29, 1.82) is 0 Å². The zero-order chi connectivity index (χ0) is 16.3. The maximum atomic E-state index is 10.1. The third kappa shape index (κ3) is 7.34. The Kier molecular flexibility index (Phi) is 8.43. The summed E-state index contributed by atoms with van der Waals surface area (Å²) in [5, 5.41) is 13.6. The minimum atomic E-state index is -0.446. The number of ether oxygens (including phenoxy) is 2. The van der Waals surface area contributed by atoms with Crippen LogP contribution in [0.4, 0.5) is 0 Å². The summed E-state index contributed by atoms with van der Waals surface area (Å²) in [7, 11) is 1.66. The largest absolute Gasteiger partial charge is 0.497 e. The van der Waals surface area contributed by atoms with E-state index in [0.717, 1.165) is 11.3 Å². The first-order valence-corrected chi connectivity index (χ1v) is 8.90. The SMILES string of the molecule is COc1ccc(COC[C@H](O)CNC2CCCCCCC2)cc1. The molecule has 4 heteroatoms. The summed E-state index contributed by atoms with van der Waals surface area (Å²) >= 11 is 0. The molecule has 2 rings (SSSR count). The zero-order valence-corrected chi connectivity index (χ0v) is 14.3. The van der Waals surface area contributed by atoms with Crippen LogP contribution in [0.3, 0.4) is 0 Å². The number of hydrogen-bond acceptors (Lipinski definition) is 4. The predicted octanol–water partition coefficient (Wildman–Crippen LogP) is 3.28. The Balaban J connectivity index is 1.59. The predicted molar refractivity (Wildman–Crippen MR) is 92.8 cm³/mol. The van der Waals surface area contributed by atoms with Crippen LogP contribution in [0.25, 0.3) is 0 Å². The van der Waals surface area contributed by atoms with Gasteiger partial charge in [-0.3, -0.25) is 0 Å². The average molecular weight is 321 g/mol. The van der Waals surface area contributed by atoms with Crippen molar-refractivity contribution in [2.75, 3.05) is 20.3 Å². The monoisotopic (exact) mass is 321 g/mol. The van der Waals surface area contributed by atoms with Crippen LogP contribution in [0.1, 0.15) is 50.5 Å². The lowest BCUT2D eigenvalue weighted by Gasteiger charge is -2.22. The van der Waals surface area contributed by atoms with E-state index >= 15 is 0 Å². The van der Waals surface area contributed by atoms with Crippen molar-refractivity contribution in [3.8, 4) is 5.75 Å². The van der Waals surface area contributed by atoms with E-state index in [1.807, 2.05) is 24.3 Å². The van der Waals surface area contributed by atoms with E-state index < -0.39 is 6.10 Å². The summed E-state index contributed by atoms with van der Waals surface area (Å²) in [5.41, 5.74) is 1.09. The van der Waals surface area contributed by atoms with Crippen molar-refractivity contribution in [2.24, 2.45) is 0 Å². The van der Waals surface area contributed by atoms with Gasteiger partial charge in [-0.2, -0.15) is 0 Å². The van der Waals surface area contributed by atoms with Crippen LogP contribution in [-0.4, -0.2) is 37.5 Å². The third-order valence-electron chi connectivity index (χ3n) is 4.49. The fraction of sp³-hybridized carbons (Fsp3) is 0.684. The van der Waals surface area contributed by atoms with E-state index in [2.05, 4.69) is 5.32 Å². The minimum Gasteiger partial charge on any atom is -0.497 e. The molecular weight excluding hydrogens is 290 g/mol. The number of aliphatic hydroxyl groups is 1. The molecule has 0 heterocycles. The Morgan fingerprint density at radius 1 is 1.09 bits per heavy atom. The second-order valence-corrected chi connectivity index (χ2v) is 6.47. The first kappa shape index (κ1) is 18.2. The maximum Gasteiger partial charge on any atom is 0.118 e. The molecule has 0 bridgehead atoms. The van der Waals surface area contributed by atoms with Gasteiger partial charge in [0.15, 0.2) is 0 Å². The molecule has 1 fully saturated rings. The lowest BCUT2D eigenvalue weighted by Crippen LogP contribution is -2.37. The number of benzene rings is 1. The Hall–Kier alpha value is -1.10. The van der Waals surface area contributed by atoms with Gasteiger partial charge in [-0.25, -0.2) is 0 Å². The van der Waals surface area contributed by atoms with Crippen LogP contribution in [0, 0.1) is 0 Å². The molecule has 130 valence electrons. The molecule has 2 N–H and O–H groups in total. The van der Waals surface area contributed by atoms with Crippen molar-refractivity contribution >= 4 is 0 Å². The highest BCUT2D eigenvalue weighted by atomic mass is 16.5. The summed E-state index contributed by atoms with van der Waals surface area (Å²) in [4.78, 5) is 0. The molecule has 0 aromatic heterocycles. The lowest BCUT2D eigenvalue weighted by molar-refractivity contribution is 0.0272. The van der Waals surface area contributed by atoms with Gasteiger partial charge in [0.25, 0.3) is 0 Å². The van der Waals surface area contributed by atoms with Crippen LogP contribution in [0.2, 0.25) is 0 Å². The molecule has 0 amide bonds. The third-order valence-corrected chi connectivity index (χ3v) is 4.49. The molecule has 23 heavy (non-hydrogen) atoms. The highest BCUT2D eigenvalue weighted by Gasteiger charge is 2.12. The van der Waals surface area contributed by atoms with Crippen LogP contribution >= 0.6 is 0 Å². The van der Waals surface area contributed by atoms with E-state index in [0.29, 0.717) is 25.8 Å². The molecule has 0 unspecified atom stereocenters. The summed E-state index contributed by atoms with van der Waals surface area (Å²) in [5.74, 6) is 0.845. The number of rotatable bonds is 8. The number of nitrogens with one attached hydrogen (secondary N) is 1. The van der Waals surface area contributed by atoms with Gasteiger partial charge in [-0.1, -0.05) is 44.2 Å². The maximum absolute atomic E-state index is 10.1. The molecule has 1 aromatic rings. The van der Waals surface area contributed by atoms with Crippen molar-refractivity contribution in [2.45, 2.75) is 63.7 Å². The number of aliphatic hydroxyl groups excluding tert-OH is 1. The van der Waals surface area contributed by atoms with Crippen molar-refractivity contribution in [1.82, 2.24) is 5.32 Å². The topological polar surface area (TPSA) is 50.7 Å². The van der Waals surface area contributed by atoms with Gasteiger partial charge in [0, 0.05) is 12.6 Å². The summed E-state index contributed by atoms with van der Waals surface area (Å²) in [6.45, 7) is 1.50. The van der Waals surface area contributed by atoms with E-state index in [-0.39, 0.29) is 0 Å². The smallest absolute Gasteiger partial charge is 0.118 e. The summed E-state index contributed by atoms with van der Waals surface area (Å²) in [6, 6.07) is 8.37. The van der Waals surface area contributed by atoms with Gasteiger partial charge in [0.05, 0.1) is 26.4 Å². The Bertz CT molecular complexity index is 413. The Morgan fingerprint density at radius 2 is 1.74 bits per heavy atom. The minimum absolute atomic E-state index is 0.367. The fourth-order valence-corrected chi connectivity index (χ4v) is 3.06.